The van der Waals surface area contributed by atoms with Gasteiger partial charge in [0.15, 0.2) is 0 Å². The van der Waals surface area contributed by atoms with Gasteiger partial charge in [0.25, 0.3) is 10.0 Å². The summed E-state index contributed by atoms with van der Waals surface area (Å²) in [4.78, 5) is 14.9. The highest BCUT2D eigenvalue weighted by Gasteiger charge is 2.31. The third-order valence-electron chi connectivity index (χ3n) is 5.69. The van der Waals surface area contributed by atoms with Gasteiger partial charge in [-0.05, 0) is 37.0 Å². The second-order valence-electron chi connectivity index (χ2n) is 7.85. The van der Waals surface area contributed by atoms with Crippen LogP contribution in [0.2, 0.25) is 0 Å². The molecule has 1 aromatic carbocycles. The van der Waals surface area contributed by atoms with E-state index in [-0.39, 0.29) is 5.16 Å². The van der Waals surface area contributed by atoms with E-state index in [4.69, 9.17) is 4.74 Å². The number of ether oxygens (including phenoxy) is 1. The van der Waals surface area contributed by atoms with Crippen molar-refractivity contribution in [1.82, 2.24) is 23.8 Å². The van der Waals surface area contributed by atoms with Gasteiger partial charge in [0.1, 0.15) is 6.33 Å². The Labute approximate surface area is 175 Å². The summed E-state index contributed by atoms with van der Waals surface area (Å²) in [7, 11) is -1.90. The van der Waals surface area contributed by atoms with Crippen molar-refractivity contribution in [3.8, 4) is 5.88 Å². The molecular weight excluding hydrogens is 404 g/mol. The van der Waals surface area contributed by atoms with E-state index in [1.165, 1.54) is 34.2 Å². The van der Waals surface area contributed by atoms with Gasteiger partial charge in [-0.15, -0.1) is 0 Å². The first-order valence-corrected chi connectivity index (χ1v) is 11.6. The molecule has 2 aliphatic rings. The van der Waals surface area contributed by atoms with E-state index >= 15 is 0 Å². The van der Waals surface area contributed by atoms with Gasteiger partial charge in [-0.3, -0.25) is 0 Å². The minimum Gasteiger partial charge on any atom is -0.477 e. The standard InChI is InChI=1S/C20H24N6O3S/c1-24-7-6-21-20(24)30(27,28)26-10-8-25(9-11-26)16-4-5-18-17(12-16)19(23-14-22-18)29-13-15-2-3-15/h4-7,12,14-15H,2-3,8-11,13H2,1H3. The smallest absolute Gasteiger partial charge is 0.277 e. The van der Waals surface area contributed by atoms with Gasteiger partial charge in [-0.25, -0.2) is 23.4 Å². The Morgan fingerprint density at radius 3 is 2.60 bits per heavy atom. The number of rotatable bonds is 6. The maximum absolute atomic E-state index is 12.9. The van der Waals surface area contributed by atoms with Crippen molar-refractivity contribution in [2.75, 3.05) is 37.7 Å². The molecule has 1 saturated carbocycles. The van der Waals surface area contributed by atoms with E-state index in [0.717, 1.165) is 16.6 Å². The molecule has 0 N–H and O–H groups in total. The largest absolute Gasteiger partial charge is 0.477 e. The molecule has 2 fully saturated rings. The first-order valence-electron chi connectivity index (χ1n) is 10.1. The second kappa shape index (κ2) is 7.51. The lowest BCUT2D eigenvalue weighted by Crippen LogP contribution is -2.49. The van der Waals surface area contributed by atoms with E-state index in [1.54, 1.807) is 13.2 Å². The minimum absolute atomic E-state index is 0.0799. The Kier molecular flexibility index (Phi) is 4.82. The van der Waals surface area contributed by atoms with Crippen LogP contribution in [0.25, 0.3) is 10.9 Å². The number of hydrogen-bond donors (Lipinski definition) is 0. The summed E-state index contributed by atoms with van der Waals surface area (Å²) in [6.07, 6.45) is 7.12. The zero-order valence-corrected chi connectivity index (χ0v) is 17.6. The summed E-state index contributed by atoms with van der Waals surface area (Å²) in [5.41, 5.74) is 1.86. The van der Waals surface area contributed by atoms with Gasteiger partial charge < -0.3 is 14.2 Å². The Balaban J connectivity index is 1.33. The fraction of sp³-hybridized carbons (Fsp3) is 0.450. The Bertz CT molecular complexity index is 1170. The molecule has 5 rings (SSSR count). The number of benzene rings is 1. The lowest BCUT2D eigenvalue weighted by Gasteiger charge is -2.35. The highest BCUT2D eigenvalue weighted by atomic mass is 32.2. The van der Waals surface area contributed by atoms with E-state index in [2.05, 4.69) is 19.9 Å². The monoisotopic (exact) mass is 428 g/mol. The summed E-state index contributed by atoms with van der Waals surface area (Å²) in [6, 6.07) is 6.02. The van der Waals surface area contributed by atoms with Crippen LogP contribution in [0.15, 0.2) is 42.1 Å². The Morgan fingerprint density at radius 2 is 1.90 bits per heavy atom. The number of hydrogen-bond acceptors (Lipinski definition) is 7. The Hall–Kier alpha value is -2.72. The van der Waals surface area contributed by atoms with Crippen LogP contribution in [0.3, 0.4) is 0 Å². The maximum atomic E-state index is 12.9. The summed E-state index contributed by atoms with van der Waals surface area (Å²) in [5.74, 6) is 1.26. The van der Waals surface area contributed by atoms with Crippen molar-refractivity contribution >= 4 is 26.6 Å². The average molecular weight is 429 g/mol. The topological polar surface area (TPSA) is 93.5 Å². The summed E-state index contributed by atoms with van der Waals surface area (Å²) < 4.78 is 34.7. The van der Waals surface area contributed by atoms with Crippen LogP contribution in [0.4, 0.5) is 5.69 Å². The van der Waals surface area contributed by atoms with Gasteiger partial charge in [0.05, 0.1) is 17.5 Å². The van der Waals surface area contributed by atoms with Crippen LogP contribution in [0.5, 0.6) is 5.88 Å². The van der Waals surface area contributed by atoms with Crippen LogP contribution < -0.4 is 9.64 Å². The van der Waals surface area contributed by atoms with Crippen molar-refractivity contribution in [3.63, 3.8) is 0 Å². The lowest BCUT2D eigenvalue weighted by atomic mass is 10.2. The van der Waals surface area contributed by atoms with Gasteiger partial charge >= 0.3 is 0 Å². The molecule has 3 aromatic rings. The summed E-state index contributed by atoms with van der Waals surface area (Å²) in [5, 5.41) is 0.968. The van der Waals surface area contributed by atoms with E-state index in [1.807, 2.05) is 18.2 Å². The zero-order valence-electron chi connectivity index (χ0n) is 16.8. The molecule has 9 nitrogen and oxygen atoms in total. The van der Waals surface area contributed by atoms with Crippen molar-refractivity contribution < 1.29 is 13.2 Å². The number of piperazine rings is 1. The first kappa shape index (κ1) is 19.3. The summed E-state index contributed by atoms with van der Waals surface area (Å²) in [6.45, 7) is 2.70. The van der Waals surface area contributed by atoms with Gasteiger partial charge in [-0.2, -0.15) is 4.31 Å². The van der Waals surface area contributed by atoms with Gasteiger partial charge in [0.2, 0.25) is 11.0 Å². The molecule has 30 heavy (non-hydrogen) atoms. The van der Waals surface area contributed by atoms with Crippen LogP contribution in [-0.4, -0.2) is 65.0 Å². The highest BCUT2D eigenvalue weighted by Crippen LogP contribution is 2.32. The Morgan fingerprint density at radius 1 is 1.10 bits per heavy atom. The van der Waals surface area contributed by atoms with E-state index < -0.39 is 10.0 Å². The predicted octanol–water partition coefficient (Wildman–Crippen LogP) is 1.66. The van der Waals surface area contributed by atoms with Gasteiger partial charge in [0, 0.05) is 51.3 Å². The number of aryl methyl sites for hydroxylation is 1. The molecule has 0 unspecified atom stereocenters. The quantitative estimate of drug-likeness (QED) is 0.589. The molecule has 1 saturated heterocycles. The van der Waals surface area contributed by atoms with Crippen LogP contribution in [0, 0.1) is 5.92 Å². The number of aromatic nitrogens is 4. The number of sulfonamides is 1. The minimum atomic E-state index is -3.59. The van der Waals surface area contributed by atoms with E-state index in [9.17, 15) is 8.42 Å². The molecule has 10 heteroatoms. The molecule has 0 amide bonds. The third-order valence-corrected chi connectivity index (χ3v) is 7.59. The molecule has 1 aliphatic heterocycles. The lowest BCUT2D eigenvalue weighted by molar-refractivity contribution is 0.292. The van der Waals surface area contributed by atoms with Crippen molar-refractivity contribution in [2.24, 2.45) is 13.0 Å². The van der Waals surface area contributed by atoms with Gasteiger partial charge in [-0.1, -0.05) is 0 Å². The number of anilines is 1. The van der Waals surface area contributed by atoms with Crippen LogP contribution in [0.1, 0.15) is 12.8 Å². The molecule has 0 radical (unpaired) electrons. The summed E-state index contributed by atoms with van der Waals surface area (Å²) >= 11 is 0. The average Bonchev–Trinajstić information content (AvgIpc) is 3.49. The number of nitrogens with zero attached hydrogens (tertiary/aromatic N) is 6. The fourth-order valence-corrected chi connectivity index (χ4v) is 5.21. The van der Waals surface area contributed by atoms with Crippen molar-refractivity contribution in [1.29, 1.82) is 0 Å². The fourth-order valence-electron chi connectivity index (χ4n) is 3.72. The number of imidazole rings is 1. The second-order valence-corrected chi connectivity index (χ2v) is 9.68. The molecule has 0 bridgehead atoms. The highest BCUT2D eigenvalue weighted by molar-refractivity contribution is 7.89. The zero-order chi connectivity index (χ0) is 20.7. The molecule has 0 spiro atoms. The number of fused-ring (bicyclic) bond motifs is 1. The third kappa shape index (κ3) is 3.61. The molecule has 0 atom stereocenters. The van der Waals surface area contributed by atoms with Crippen LogP contribution in [-0.2, 0) is 17.1 Å². The SMILES string of the molecule is Cn1ccnc1S(=O)(=O)N1CCN(c2ccc3ncnc(OCC4CC4)c3c2)CC1. The first-order chi connectivity index (χ1) is 14.5. The maximum Gasteiger partial charge on any atom is 0.277 e. The van der Waals surface area contributed by atoms with E-state index in [0.29, 0.717) is 44.6 Å². The molecule has 158 valence electrons. The normalized spacial score (nSPS) is 18.1. The van der Waals surface area contributed by atoms with Crippen molar-refractivity contribution in [3.05, 3.63) is 36.9 Å². The molecule has 1 aliphatic carbocycles. The predicted molar refractivity (Wildman–Crippen MR) is 112 cm³/mol. The molecular formula is C20H24N6O3S. The molecule has 3 heterocycles. The van der Waals surface area contributed by atoms with Crippen molar-refractivity contribution in [2.45, 2.75) is 18.0 Å². The molecule has 2 aromatic heterocycles. The van der Waals surface area contributed by atoms with Crippen LogP contribution >= 0.6 is 0 Å².